The number of benzene rings is 2. The summed E-state index contributed by atoms with van der Waals surface area (Å²) in [6.07, 6.45) is 3.32. The molecule has 0 radical (unpaired) electrons. The molecule has 3 rings (SSSR count). The number of carbonyl (C=O) groups is 4. The molecule has 0 fully saturated rings. The summed E-state index contributed by atoms with van der Waals surface area (Å²) in [6, 6.07) is 9.93. The number of nitrogens with zero attached hydrogens (tertiary/aromatic N) is 1. The number of carbonyl (C=O) groups excluding carboxylic acids is 4. The fourth-order valence-corrected chi connectivity index (χ4v) is 5.42. The SMILES string of the molecule is CCCCOc1c2cccc1C(=O)NCCN(CCOCCOCCOC)CCNC(=O)c1cccc(c1OCCCC)C(=O)NCCNCCNC2=O. The number of ether oxygens (including phenoxy) is 5. The Bertz CT molecular complexity index is 1350. The van der Waals surface area contributed by atoms with Crippen LogP contribution in [0.4, 0.5) is 0 Å². The quantitative estimate of drug-likeness (QED) is 0.150. The molecule has 15 nitrogen and oxygen atoms in total. The second-order valence-electron chi connectivity index (χ2n) is 12.6. The van der Waals surface area contributed by atoms with E-state index in [9.17, 15) is 19.2 Å². The van der Waals surface area contributed by atoms with Crippen molar-refractivity contribution in [2.75, 3.05) is 112 Å². The van der Waals surface area contributed by atoms with Crippen LogP contribution in [0.15, 0.2) is 36.4 Å². The molecule has 300 valence electrons. The van der Waals surface area contributed by atoms with E-state index < -0.39 is 0 Å². The summed E-state index contributed by atoms with van der Waals surface area (Å²) in [5.41, 5.74) is 1.11. The van der Waals surface area contributed by atoms with Crippen LogP contribution < -0.4 is 36.1 Å². The van der Waals surface area contributed by atoms with Gasteiger partial charge in [-0.25, -0.2) is 0 Å². The molecule has 2 aromatic rings. The van der Waals surface area contributed by atoms with Gasteiger partial charge in [0.15, 0.2) is 0 Å². The van der Waals surface area contributed by atoms with Gasteiger partial charge in [0.25, 0.3) is 23.6 Å². The minimum Gasteiger partial charge on any atom is -0.492 e. The van der Waals surface area contributed by atoms with Crippen LogP contribution in [0.3, 0.4) is 0 Å². The molecule has 15 heteroatoms. The number of fused-ring (bicyclic) bond motifs is 4. The number of nitrogens with one attached hydrogen (secondary N) is 5. The summed E-state index contributed by atoms with van der Waals surface area (Å²) in [7, 11) is 1.62. The maximum atomic E-state index is 13.5. The number of rotatable bonds is 17. The Kier molecular flexibility index (Phi) is 21.6. The normalized spacial score (nSPS) is 15.7. The monoisotopic (exact) mass is 756 g/mol. The van der Waals surface area contributed by atoms with Crippen LogP contribution in [0.5, 0.6) is 11.5 Å². The fourth-order valence-electron chi connectivity index (χ4n) is 5.42. The van der Waals surface area contributed by atoms with Crippen molar-refractivity contribution in [3.63, 3.8) is 0 Å². The van der Waals surface area contributed by atoms with E-state index in [-0.39, 0.29) is 70.5 Å². The van der Waals surface area contributed by atoms with Crippen LogP contribution in [0.25, 0.3) is 0 Å². The first-order valence-corrected chi connectivity index (χ1v) is 19.1. The molecule has 1 heterocycles. The third kappa shape index (κ3) is 15.6. The van der Waals surface area contributed by atoms with Gasteiger partial charge >= 0.3 is 0 Å². The molecule has 0 atom stereocenters. The lowest BCUT2D eigenvalue weighted by Crippen LogP contribution is -2.41. The van der Waals surface area contributed by atoms with Gasteiger partial charge < -0.3 is 50.3 Å². The molecule has 0 aromatic heterocycles. The Morgan fingerprint density at radius 2 is 0.944 bits per heavy atom. The Hall–Kier alpha value is -4.28. The Morgan fingerprint density at radius 1 is 0.537 bits per heavy atom. The molecular weight excluding hydrogens is 696 g/mol. The average Bonchev–Trinajstić information content (AvgIpc) is 3.17. The lowest BCUT2D eigenvalue weighted by molar-refractivity contribution is 0.0196. The maximum absolute atomic E-state index is 13.5. The van der Waals surface area contributed by atoms with E-state index in [0.29, 0.717) is 92.1 Å². The average molecular weight is 757 g/mol. The molecule has 0 unspecified atom stereocenters. The van der Waals surface area contributed by atoms with Crippen LogP contribution in [0.1, 0.15) is 81.0 Å². The lowest BCUT2D eigenvalue weighted by Gasteiger charge is -2.23. The van der Waals surface area contributed by atoms with Crippen molar-refractivity contribution < 1.29 is 42.9 Å². The van der Waals surface area contributed by atoms with Gasteiger partial charge in [-0.05, 0) is 37.1 Å². The summed E-state index contributed by atoms with van der Waals surface area (Å²) >= 11 is 0. The van der Waals surface area contributed by atoms with E-state index in [2.05, 4.69) is 31.5 Å². The fraction of sp³-hybridized carbons (Fsp3) is 0.590. The molecule has 2 aromatic carbocycles. The van der Waals surface area contributed by atoms with Crippen molar-refractivity contribution in [1.29, 1.82) is 0 Å². The molecule has 0 spiro atoms. The van der Waals surface area contributed by atoms with Gasteiger partial charge in [0, 0.05) is 66.0 Å². The molecule has 4 bridgehead atoms. The Balaban J connectivity index is 1.81. The first-order valence-electron chi connectivity index (χ1n) is 19.1. The maximum Gasteiger partial charge on any atom is 0.255 e. The third-order valence-electron chi connectivity index (χ3n) is 8.45. The largest absolute Gasteiger partial charge is 0.492 e. The van der Waals surface area contributed by atoms with Crippen LogP contribution in [0, 0.1) is 0 Å². The lowest BCUT2D eigenvalue weighted by atomic mass is 10.1. The minimum absolute atomic E-state index is 0.244. The van der Waals surface area contributed by atoms with Crippen molar-refractivity contribution in [3.8, 4) is 11.5 Å². The van der Waals surface area contributed by atoms with E-state index in [4.69, 9.17) is 23.7 Å². The van der Waals surface area contributed by atoms with Crippen LogP contribution in [-0.2, 0) is 14.2 Å². The van der Waals surface area contributed by atoms with E-state index in [0.717, 1.165) is 25.7 Å². The zero-order valence-electron chi connectivity index (χ0n) is 32.2. The molecule has 0 aliphatic carbocycles. The van der Waals surface area contributed by atoms with Crippen molar-refractivity contribution in [2.24, 2.45) is 0 Å². The van der Waals surface area contributed by atoms with Crippen molar-refractivity contribution in [1.82, 2.24) is 31.5 Å². The number of methoxy groups -OCH3 is 1. The molecular formula is C39H60N6O9. The third-order valence-corrected chi connectivity index (χ3v) is 8.45. The molecule has 1 aliphatic heterocycles. The standard InChI is InChI=1S/C39H60N6O9/c1-4-6-23-53-34-30-10-8-12-32(34)38(48)43-18-20-45(22-25-51-28-29-52-27-26-50-3)21-19-44-39(49)33-13-9-11-31(35(33)54-24-7-5-2)37(47)42-17-15-40-14-16-41-36(30)46/h8-13,40H,4-7,14-29H2,1-3H3,(H,41,46)(H,42,47)(H,43,48)(H,44,49). The summed E-state index contributed by atoms with van der Waals surface area (Å²) in [5, 5.41) is 15.0. The van der Waals surface area contributed by atoms with Gasteiger partial charge in [-0.2, -0.15) is 0 Å². The van der Waals surface area contributed by atoms with E-state index >= 15 is 0 Å². The molecule has 54 heavy (non-hydrogen) atoms. The summed E-state index contributed by atoms with van der Waals surface area (Å²) < 4.78 is 28.3. The second-order valence-corrected chi connectivity index (χ2v) is 12.6. The molecule has 5 N–H and O–H groups in total. The first-order chi connectivity index (χ1) is 26.4. The number of unbranched alkanes of at least 4 members (excludes halogenated alkanes) is 2. The van der Waals surface area contributed by atoms with E-state index in [1.54, 1.807) is 43.5 Å². The number of hydrogen-bond acceptors (Lipinski definition) is 11. The van der Waals surface area contributed by atoms with Gasteiger partial charge in [-0.3, -0.25) is 24.1 Å². The number of amides is 4. The van der Waals surface area contributed by atoms with Crippen LogP contribution >= 0.6 is 0 Å². The van der Waals surface area contributed by atoms with Gasteiger partial charge in [-0.1, -0.05) is 38.8 Å². The highest BCUT2D eigenvalue weighted by Crippen LogP contribution is 2.26. The Morgan fingerprint density at radius 3 is 1.37 bits per heavy atom. The molecule has 4 amide bonds. The number of para-hydroxylation sites is 2. The van der Waals surface area contributed by atoms with Gasteiger partial charge in [0.1, 0.15) is 11.5 Å². The van der Waals surface area contributed by atoms with Crippen molar-refractivity contribution >= 4 is 23.6 Å². The summed E-state index contributed by atoms with van der Waals surface area (Å²) in [4.78, 5) is 55.7. The van der Waals surface area contributed by atoms with Crippen LogP contribution in [0.2, 0.25) is 0 Å². The van der Waals surface area contributed by atoms with E-state index in [1.165, 1.54) is 0 Å². The van der Waals surface area contributed by atoms with Gasteiger partial charge in [0.2, 0.25) is 0 Å². The Labute approximate surface area is 319 Å². The van der Waals surface area contributed by atoms with E-state index in [1.807, 2.05) is 13.8 Å². The zero-order valence-corrected chi connectivity index (χ0v) is 32.2. The van der Waals surface area contributed by atoms with Crippen molar-refractivity contribution in [3.05, 3.63) is 58.7 Å². The predicted octanol–water partition coefficient (Wildman–Crippen LogP) is 2.25. The highest BCUT2D eigenvalue weighted by Gasteiger charge is 2.23. The highest BCUT2D eigenvalue weighted by atomic mass is 16.5. The van der Waals surface area contributed by atoms with Crippen molar-refractivity contribution in [2.45, 2.75) is 39.5 Å². The number of hydrogen-bond donors (Lipinski definition) is 5. The smallest absolute Gasteiger partial charge is 0.255 e. The predicted molar refractivity (Wildman–Crippen MR) is 206 cm³/mol. The minimum atomic E-state index is -0.359. The second kappa shape index (κ2) is 26.5. The van der Waals surface area contributed by atoms with Gasteiger partial charge in [0.05, 0.1) is 68.5 Å². The van der Waals surface area contributed by atoms with Crippen LogP contribution in [-0.4, -0.2) is 141 Å². The summed E-state index contributed by atoms with van der Waals surface area (Å²) in [5.74, 6) is -0.937. The highest BCUT2D eigenvalue weighted by molar-refractivity contribution is 6.05. The molecule has 0 saturated carbocycles. The topological polar surface area (TPSA) is 178 Å². The molecule has 1 aliphatic rings. The summed E-state index contributed by atoms with van der Waals surface area (Å²) in [6.45, 7) is 10.6. The van der Waals surface area contributed by atoms with Gasteiger partial charge in [-0.15, -0.1) is 0 Å². The first kappa shape index (κ1) is 44.1. The molecule has 0 saturated heterocycles. The zero-order chi connectivity index (χ0) is 38.8.